The fourth-order valence-corrected chi connectivity index (χ4v) is 2.69. The number of nitrogens with zero attached hydrogens (tertiary/aromatic N) is 2. The Bertz CT molecular complexity index is 1010. The fraction of sp³-hybridized carbons (Fsp3) is 0.238. The molecule has 0 radical (unpaired) electrons. The molecule has 0 saturated heterocycles. The molecule has 0 spiro atoms. The third-order valence-corrected chi connectivity index (χ3v) is 3.93. The van der Waals surface area contributed by atoms with Gasteiger partial charge < -0.3 is 15.4 Å². The zero-order chi connectivity index (χ0) is 21.7. The van der Waals surface area contributed by atoms with Crippen LogP contribution in [-0.4, -0.2) is 22.4 Å². The van der Waals surface area contributed by atoms with E-state index in [2.05, 4.69) is 25.3 Å². The molecule has 30 heavy (non-hydrogen) atoms. The molecule has 158 valence electrons. The first kappa shape index (κ1) is 21.4. The lowest BCUT2D eigenvalue weighted by Gasteiger charge is -2.14. The van der Waals surface area contributed by atoms with Crippen molar-refractivity contribution < 1.29 is 22.3 Å². The second-order valence-electron chi connectivity index (χ2n) is 6.78. The lowest BCUT2D eigenvalue weighted by molar-refractivity contribution is -0.274. The van der Waals surface area contributed by atoms with Gasteiger partial charge in [-0.15, -0.1) is 13.2 Å². The first-order valence-corrected chi connectivity index (χ1v) is 9.19. The molecule has 2 aromatic carbocycles. The molecule has 5 nitrogen and oxygen atoms in total. The highest BCUT2D eigenvalue weighted by atomic mass is 19.4. The molecule has 0 amide bonds. The van der Waals surface area contributed by atoms with E-state index in [0.717, 1.165) is 0 Å². The van der Waals surface area contributed by atoms with E-state index in [1.165, 1.54) is 24.3 Å². The standard InChI is InChI=1S/C21H20F4N4O/c1-13(2)27-20-28-18(14-7-5-8-16(10-14)30-21(23,24)25)11-19(29-20)26-12-15-6-3-4-9-17(15)22/h3-11,13H,12H2,1-2H3,(H2,26,27,28,29). The lowest BCUT2D eigenvalue weighted by atomic mass is 10.1. The Morgan fingerprint density at radius 2 is 1.77 bits per heavy atom. The molecule has 3 aromatic rings. The molecular formula is C21H20F4N4O. The Balaban J connectivity index is 1.91. The van der Waals surface area contributed by atoms with E-state index in [1.807, 2.05) is 13.8 Å². The molecule has 3 rings (SSSR count). The van der Waals surface area contributed by atoms with Gasteiger partial charge in [-0.3, -0.25) is 0 Å². The minimum atomic E-state index is -4.79. The van der Waals surface area contributed by atoms with Crippen LogP contribution in [0.2, 0.25) is 0 Å². The normalized spacial score (nSPS) is 11.4. The van der Waals surface area contributed by atoms with Gasteiger partial charge in [0.15, 0.2) is 0 Å². The van der Waals surface area contributed by atoms with Gasteiger partial charge in [-0.2, -0.15) is 4.98 Å². The van der Waals surface area contributed by atoms with Crippen molar-refractivity contribution in [2.24, 2.45) is 0 Å². The van der Waals surface area contributed by atoms with Gasteiger partial charge in [0, 0.05) is 29.8 Å². The fourth-order valence-electron chi connectivity index (χ4n) is 2.69. The summed E-state index contributed by atoms with van der Waals surface area (Å²) in [4.78, 5) is 8.74. The molecule has 2 N–H and O–H groups in total. The summed E-state index contributed by atoms with van der Waals surface area (Å²) >= 11 is 0. The molecular weight excluding hydrogens is 400 g/mol. The van der Waals surface area contributed by atoms with Gasteiger partial charge in [-0.1, -0.05) is 30.3 Å². The van der Waals surface area contributed by atoms with Crippen molar-refractivity contribution in [3.8, 4) is 17.0 Å². The molecule has 0 unspecified atom stereocenters. The highest BCUT2D eigenvalue weighted by Gasteiger charge is 2.31. The zero-order valence-corrected chi connectivity index (χ0v) is 16.3. The van der Waals surface area contributed by atoms with Crippen LogP contribution >= 0.6 is 0 Å². The van der Waals surface area contributed by atoms with Crippen LogP contribution in [-0.2, 0) is 6.54 Å². The highest BCUT2D eigenvalue weighted by Crippen LogP contribution is 2.29. The average Bonchev–Trinajstić information content (AvgIpc) is 2.65. The highest BCUT2D eigenvalue weighted by molar-refractivity contribution is 5.66. The topological polar surface area (TPSA) is 59.1 Å². The van der Waals surface area contributed by atoms with Crippen LogP contribution in [0.25, 0.3) is 11.3 Å². The molecule has 0 atom stereocenters. The van der Waals surface area contributed by atoms with E-state index < -0.39 is 6.36 Å². The number of hydrogen-bond acceptors (Lipinski definition) is 5. The summed E-state index contributed by atoms with van der Waals surface area (Å²) in [6, 6.07) is 13.5. The SMILES string of the molecule is CC(C)Nc1nc(NCc2ccccc2F)cc(-c2cccc(OC(F)(F)F)c2)n1. The number of rotatable bonds is 7. The molecule has 0 bridgehead atoms. The summed E-state index contributed by atoms with van der Waals surface area (Å²) < 4.78 is 55.5. The maximum absolute atomic E-state index is 13.9. The summed E-state index contributed by atoms with van der Waals surface area (Å²) in [7, 11) is 0. The molecule has 1 aromatic heterocycles. The summed E-state index contributed by atoms with van der Waals surface area (Å²) in [6.45, 7) is 3.99. The average molecular weight is 420 g/mol. The van der Waals surface area contributed by atoms with Crippen molar-refractivity contribution in [1.29, 1.82) is 0 Å². The Kier molecular flexibility index (Phi) is 6.39. The van der Waals surface area contributed by atoms with Crippen molar-refractivity contribution in [1.82, 2.24) is 9.97 Å². The predicted octanol–water partition coefficient (Wildman–Crippen LogP) is 5.61. The zero-order valence-electron chi connectivity index (χ0n) is 16.3. The van der Waals surface area contributed by atoms with E-state index in [9.17, 15) is 17.6 Å². The predicted molar refractivity (Wildman–Crippen MR) is 107 cm³/mol. The Labute approximate surface area is 171 Å². The molecule has 0 fully saturated rings. The number of ether oxygens (including phenoxy) is 1. The monoisotopic (exact) mass is 420 g/mol. The first-order valence-electron chi connectivity index (χ1n) is 9.19. The maximum atomic E-state index is 13.9. The summed E-state index contributed by atoms with van der Waals surface area (Å²) in [5.41, 5.74) is 1.26. The second-order valence-corrected chi connectivity index (χ2v) is 6.78. The number of halogens is 4. The largest absolute Gasteiger partial charge is 0.573 e. The molecule has 0 saturated carbocycles. The van der Waals surface area contributed by atoms with Crippen LogP contribution < -0.4 is 15.4 Å². The van der Waals surface area contributed by atoms with Gasteiger partial charge in [0.05, 0.1) is 5.69 Å². The van der Waals surface area contributed by atoms with Crippen LogP contribution in [0.15, 0.2) is 54.6 Å². The Hall–Kier alpha value is -3.36. The van der Waals surface area contributed by atoms with Crippen molar-refractivity contribution in [3.63, 3.8) is 0 Å². The molecule has 0 aliphatic rings. The third kappa shape index (κ3) is 6.07. The summed E-state index contributed by atoms with van der Waals surface area (Å²) in [5, 5.41) is 6.11. The summed E-state index contributed by atoms with van der Waals surface area (Å²) in [6.07, 6.45) is -4.79. The molecule has 0 aliphatic carbocycles. The minimum absolute atomic E-state index is 0.0274. The van der Waals surface area contributed by atoms with Crippen LogP contribution in [0.4, 0.5) is 29.3 Å². The smallest absolute Gasteiger partial charge is 0.406 e. The van der Waals surface area contributed by atoms with Crippen molar-refractivity contribution >= 4 is 11.8 Å². The van der Waals surface area contributed by atoms with Gasteiger partial charge in [0.1, 0.15) is 17.4 Å². The molecule has 1 heterocycles. The van der Waals surface area contributed by atoms with Crippen LogP contribution in [0.3, 0.4) is 0 Å². The van der Waals surface area contributed by atoms with Crippen molar-refractivity contribution in [2.45, 2.75) is 32.8 Å². The van der Waals surface area contributed by atoms with Crippen LogP contribution in [0.1, 0.15) is 19.4 Å². The van der Waals surface area contributed by atoms with Gasteiger partial charge in [0.2, 0.25) is 5.95 Å². The molecule has 0 aliphatic heterocycles. The first-order chi connectivity index (χ1) is 14.2. The van der Waals surface area contributed by atoms with Gasteiger partial charge in [0.25, 0.3) is 0 Å². The van der Waals surface area contributed by atoms with Gasteiger partial charge >= 0.3 is 6.36 Å². The number of benzene rings is 2. The third-order valence-electron chi connectivity index (χ3n) is 3.93. The van der Waals surface area contributed by atoms with E-state index in [1.54, 1.807) is 30.3 Å². The van der Waals surface area contributed by atoms with Crippen LogP contribution in [0.5, 0.6) is 5.75 Å². The Morgan fingerprint density at radius 3 is 2.47 bits per heavy atom. The van der Waals surface area contributed by atoms with Crippen molar-refractivity contribution in [3.05, 3.63) is 66.0 Å². The van der Waals surface area contributed by atoms with Crippen LogP contribution in [0, 0.1) is 5.82 Å². The molecule has 9 heteroatoms. The van der Waals surface area contributed by atoms with E-state index in [-0.39, 0.29) is 24.2 Å². The summed E-state index contributed by atoms with van der Waals surface area (Å²) in [5.74, 6) is -0.0103. The van der Waals surface area contributed by atoms with Crippen molar-refractivity contribution in [2.75, 3.05) is 10.6 Å². The van der Waals surface area contributed by atoms with Gasteiger partial charge in [-0.05, 0) is 32.0 Å². The van der Waals surface area contributed by atoms with E-state index in [0.29, 0.717) is 28.6 Å². The number of alkyl halides is 3. The quantitative estimate of drug-likeness (QED) is 0.487. The lowest BCUT2D eigenvalue weighted by Crippen LogP contribution is -2.17. The Morgan fingerprint density at radius 1 is 1.00 bits per heavy atom. The number of nitrogens with one attached hydrogen (secondary N) is 2. The number of anilines is 2. The van der Waals surface area contributed by atoms with Gasteiger partial charge in [-0.25, -0.2) is 9.37 Å². The minimum Gasteiger partial charge on any atom is -0.406 e. The maximum Gasteiger partial charge on any atom is 0.573 e. The van der Waals surface area contributed by atoms with E-state index in [4.69, 9.17) is 0 Å². The second kappa shape index (κ2) is 8.98. The number of hydrogen-bond donors (Lipinski definition) is 2. The van der Waals surface area contributed by atoms with E-state index >= 15 is 0 Å². The number of aromatic nitrogens is 2.